The fraction of sp³-hybridized carbons (Fsp3) is 1.00. The molecule has 0 aromatic carbocycles. The second-order valence-corrected chi connectivity index (χ2v) is 6.17. The summed E-state index contributed by atoms with van der Waals surface area (Å²) in [6.45, 7) is 19.3. The first-order valence-corrected chi connectivity index (χ1v) is 6.79. The van der Waals surface area contributed by atoms with Crippen LogP contribution in [0, 0.1) is 5.92 Å². The van der Waals surface area contributed by atoms with E-state index in [2.05, 4.69) is 58.7 Å². The van der Waals surface area contributed by atoms with Crippen LogP contribution in [0.1, 0.15) is 54.9 Å². The fourth-order valence-corrected chi connectivity index (χ4v) is 1.96. The lowest BCUT2D eigenvalue weighted by Crippen LogP contribution is -2.48. The Labute approximate surface area is 103 Å². The summed E-state index contributed by atoms with van der Waals surface area (Å²) in [4.78, 5) is 2.60. The molecule has 0 fully saturated rings. The Morgan fingerprint density at radius 1 is 1.12 bits per heavy atom. The van der Waals surface area contributed by atoms with Gasteiger partial charge in [0.05, 0.1) is 0 Å². The predicted molar refractivity (Wildman–Crippen MR) is 73.9 cm³/mol. The van der Waals surface area contributed by atoms with Gasteiger partial charge in [-0.05, 0) is 39.7 Å². The van der Waals surface area contributed by atoms with Crippen molar-refractivity contribution in [1.82, 2.24) is 10.2 Å². The van der Waals surface area contributed by atoms with E-state index < -0.39 is 0 Å². The van der Waals surface area contributed by atoms with Gasteiger partial charge in [-0.25, -0.2) is 0 Å². The molecule has 0 spiro atoms. The molecule has 0 aromatic rings. The maximum absolute atomic E-state index is 3.62. The molecule has 1 unspecified atom stereocenters. The molecule has 0 bridgehead atoms. The maximum Gasteiger partial charge on any atom is 0.0218 e. The van der Waals surface area contributed by atoms with E-state index in [0.29, 0.717) is 6.04 Å². The molecule has 98 valence electrons. The van der Waals surface area contributed by atoms with Crippen molar-refractivity contribution in [2.24, 2.45) is 5.92 Å². The highest BCUT2D eigenvalue weighted by molar-refractivity contribution is 4.78. The second-order valence-electron chi connectivity index (χ2n) is 6.17. The standard InChI is InChI=1S/C14H32N2/c1-8-13(10-15-14(5,6)7)16(9-2)11-12(3)4/h12-13,15H,8-11H2,1-7H3. The van der Waals surface area contributed by atoms with Crippen LogP contribution in [0.5, 0.6) is 0 Å². The van der Waals surface area contributed by atoms with Crippen LogP contribution in [-0.2, 0) is 0 Å². The van der Waals surface area contributed by atoms with Gasteiger partial charge in [0.1, 0.15) is 0 Å². The van der Waals surface area contributed by atoms with E-state index in [-0.39, 0.29) is 5.54 Å². The van der Waals surface area contributed by atoms with Crippen molar-refractivity contribution in [2.45, 2.75) is 66.5 Å². The molecule has 0 aliphatic rings. The third-order valence-electron chi connectivity index (χ3n) is 2.86. The largest absolute Gasteiger partial charge is 0.311 e. The Bertz CT molecular complexity index is 170. The summed E-state index contributed by atoms with van der Waals surface area (Å²) in [7, 11) is 0. The molecule has 16 heavy (non-hydrogen) atoms. The van der Waals surface area contributed by atoms with E-state index in [1.165, 1.54) is 13.0 Å². The van der Waals surface area contributed by atoms with Crippen molar-refractivity contribution in [2.75, 3.05) is 19.6 Å². The van der Waals surface area contributed by atoms with E-state index in [9.17, 15) is 0 Å². The maximum atomic E-state index is 3.62. The average Bonchev–Trinajstić information content (AvgIpc) is 2.14. The Morgan fingerprint density at radius 3 is 2.00 bits per heavy atom. The Kier molecular flexibility index (Phi) is 7.25. The third-order valence-corrected chi connectivity index (χ3v) is 2.86. The molecule has 2 heteroatoms. The average molecular weight is 228 g/mol. The topological polar surface area (TPSA) is 15.3 Å². The summed E-state index contributed by atoms with van der Waals surface area (Å²) >= 11 is 0. The lowest BCUT2D eigenvalue weighted by Gasteiger charge is -2.34. The number of likely N-dealkylation sites (N-methyl/N-ethyl adjacent to an activating group) is 1. The Morgan fingerprint density at radius 2 is 1.69 bits per heavy atom. The van der Waals surface area contributed by atoms with Gasteiger partial charge in [0.2, 0.25) is 0 Å². The van der Waals surface area contributed by atoms with Gasteiger partial charge in [-0.2, -0.15) is 0 Å². The molecular formula is C14H32N2. The normalized spacial score (nSPS) is 14.8. The molecule has 0 saturated carbocycles. The van der Waals surface area contributed by atoms with Gasteiger partial charge < -0.3 is 5.32 Å². The first-order valence-electron chi connectivity index (χ1n) is 6.79. The molecule has 0 aliphatic carbocycles. The van der Waals surface area contributed by atoms with Crippen LogP contribution in [0.25, 0.3) is 0 Å². The van der Waals surface area contributed by atoms with E-state index >= 15 is 0 Å². The van der Waals surface area contributed by atoms with Crippen molar-refractivity contribution in [3.05, 3.63) is 0 Å². The van der Waals surface area contributed by atoms with Crippen LogP contribution >= 0.6 is 0 Å². The van der Waals surface area contributed by atoms with E-state index in [4.69, 9.17) is 0 Å². The summed E-state index contributed by atoms with van der Waals surface area (Å²) in [5.74, 6) is 0.753. The smallest absolute Gasteiger partial charge is 0.0218 e. The van der Waals surface area contributed by atoms with Crippen molar-refractivity contribution in [1.29, 1.82) is 0 Å². The van der Waals surface area contributed by atoms with Gasteiger partial charge in [-0.3, -0.25) is 4.90 Å². The zero-order chi connectivity index (χ0) is 12.8. The quantitative estimate of drug-likeness (QED) is 0.720. The van der Waals surface area contributed by atoms with E-state index in [1.54, 1.807) is 0 Å². The van der Waals surface area contributed by atoms with Crippen LogP contribution in [0.3, 0.4) is 0 Å². The first-order chi connectivity index (χ1) is 7.30. The number of hydrogen-bond acceptors (Lipinski definition) is 2. The number of nitrogens with zero attached hydrogens (tertiary/aromatic N) is 1. The van der Waals surface area contributed by atoms with Gasteiger partial charge >= 0.3 is 0 Å². The van der Waals surface area contributed by atoms with Crippen molar-refractivity contribution in [3.8, 4) is 0 Å². The lowest BCUT2D eigenvalue weighted by atomic mass is 10.1. The van der Waals surface area contributed by atoms with E-state index in [1.807, 2.05) is 0 Å². The second kappa shape index (κ2) is 7.29. The van der Waals surface area contributed by atoms with Gasteiger partial charge in [0, 0.05) is 24.7 Å². The number of rotatable bonds is 7. The van der Waals surface area contributed by atoms with Crippen molar-refractivity contribution >= 4 is 0 Å². The van der Waals surface area contributed by atoms with Gasteiger partial charge in [-0.1, -0.05) is 27.7 Å². The zero-order valence-corrected chi connectivity index (χ0v) is 12.4. The van der Waals surface area contributed by atoms with Crippen molar-refractivity contribution < 1.29 is 0 Å². The van der Waals surface area contributed by atoms with Crippen LogP contribution in [-0.4, -0.2) is 36.1 Å². The Hall–Kier alpha value is -0.0800. The molecule has 0 aromatic heterocycles. The van der Waals surface area contributed by atoms with Crippen LogP contribution < -0.4 is 5.32 Å². The monoisotopic (exact) mass is 228 g/mol. The molecule has 2 nitrogen and oxygen atoms in total. The van der Waals surface area contributed by atoms with Crippen LogP contribution in [0.15, 0.2) is 0 Å². The molecule has 0 amide bonds. The minimum Gasteiger partial charge on any atom is -0.311 e. The van der Waals surface area contributed by atoms with Gasteiger partial charge in [0.15, 0.2) is 0 Å². The molecule has 0 heterocycles. The summed E-state index contributed by atoms with van der Waals surface area (Å²) in [5, 5.41) is 3.62. The molecule has 0 radical (unpaired) electrons. The van der Waals surface area contributed by atoms with E-state index in [0.717, 1.165) is 19.0 Å². The molecular weight excluding hydrogens is 196 g/mol. The van der Waals surface area contributed by atoms with Crippen LogP contribution in [0.2, 0.25) is 0 Å². The number of nitrogens with one attached hydrogen (secondary N) is 1. The SMILES string of the molecule is CCC(CNC(C)(C)C)N(CC)CC(C)C. The highest BCUT2D eigenvalue weighted by Crippen LogP contribution is 2.09. The zero-order valence-electron chi connectivity index (χ0n) is 12.4. The first kappa shape index (κ1) is 15.9. The Balaban J connectivity index is 4.22. The third kappa shape index (κ3) is 7.24. The summed E-state index contributed by atoms with van der Waals surface area (Å²) in [6, 6.07) is 0.673. The van der Waals surface area contributed by atoms with Gasteiger partial charge in [0.25, 0.3) is 0 Å². The number of hydrogen-bond donors (Lipinski definition) is 1. The molecule has 0 saturated heterocycles. The summed E-state index contributed by atoms with van der Waals surface area (Å²) in [5.41, 5.74) is 0.227. The minimum absolute atomic E-state index is 0.227. The lowest BCUT2D eigenvalue weighted by molar-refractivity contribution is 0.167. The van der Waals surface area contributed by atoms with Crippen molar-refractivity contribution in [3.63, 3.8) is 0 Å². The minimum atomic E-state index is 0.227. The highest BCUT2D eigenvalue weighted by atomic mass is 15.2. The highest BCUT2D eigenvalue weighted by Gasteiger charge is 2.18. The predicted octanol–water partition coefficient (Wildman–Crippen LogP) is 3.13. The van der Waals surface area contributed by atoms with Crippen LogP contribution in [0.4, 0.5) is 0 Å². The molecule has 1 atom stereocenters. The molecule has 0 aliphatic heterocycles. The molecule has 1 N–H and O–H groups in total. The summed E-state index contributed by atoms with van der Waals surface area (Å²) < 4.78 is 0. The summed E-state index contributed by atoms with van der Waals surface area (Å²) in [6.07, 6.45) is 1.23. The van der Waals surface area contributed by atoms with Gasteiger partial charge in [-0.15, -0.1) is 0 Å². The fourth-order valence-electron chi connectivity index (χ4n) is 1.96. The molecule has 0 rings (SSSR count).